The van der Waals surface area contributed by atoms with Crippen LogP contribution in [0.25, 0.3) is 0 Å². The van der Waals surface area contributed by atoms with Crippen molar-refractivity contribution < 1.29 is 9.53 Å². The number of rotatable bonds is 1. The lowest BCUT2D eigenvalue weighted by Gasteiger charge is -2.17. The van der Waals surface area contributed by atoms with Gasteiger partial charge in [-0.2, -0.15) is 0 Å². The van der Waals surface area contributed by atoms with Gasteiger partial charge < -0.3 is 4.74 Å². The van der Waals surface area contributed by atoms with E-state index in [2.05, 4.69) is 37.3 Å². The van der Waals surface area contributed by atoms with Crippen LogP contribution in [0.2, 0.25) is 0 Å². The summed E-state index contributed by atoms with van der Waals surface area (Å²) in [6, 6.07) is 10.3. The zero-order valence-corrected chi connectivity index (χ0v) is 10.4. The monoisotopic (exact) mass is 240 g/mol. The molecule has 92 valence electrons. The van der Waals surface area contributed by atoms with Gasteiger partial charge in [-0.15, -0.1) is 0 Å². The largest absolute Gasteiger partial charge is 0.461 e. The molecule has 0 amide bonds. The first-order valence-corrected chi connectivity index (χ1v) is 6.38. The summed E-state index contributed by atoms with van der Waals surface area (Å²) in [4.78, 5) is 11.7. The molecule has 0 aromatic heterocycles. The molecule has 1 saturated heterocycles. The Labute approximate surface area is 107 Å². The highest BCUT2D eigenvalue weighted by atomic mass is 16.5. The molecule has 1 aromatic rings. The average Bonchev–Trinajstić information content (AvgIpc) is 2.65. The number of allylic oxidation sites excluding steroid dienone is 2. The Kier molecular flexibility index (Phi) is 2.78. The molecule has 0 saturated carbocycles. The zero-order chi connectivity index (χ0) is 12.5. The van der Waals surface area contributed by atoms with Gasteiger partial charge in [0.25, 0.3) is 0 Å². The van der Waals surface area contributed by atoms with Gasteiger partial charge in [0, 0.05) is 17.4 Å². The number of ether oxygens (including phenoxy) is 1. The highest BCUT2D eigenvalue weighted by Gasteiger charge is 2.32. The highest BCUT2D eigenvalue weighted by molar-refractivity contribution is 5.91. The predicted octanol–water partition coefficient (Wildman–Crippen LogP) is 3.08. The quantitative estimate of drug-likeness (QED) is 0.557. The molecule has 1 aliphatic heterocycles. The minimum atomic E-state index is -0.153. The second kappa shape index (κ2) is 4.45. The summed E-state index contributed by atoms with van der Waals surface area (Å²) in [7, 11) is 0. The summed E-state index contributed by atoms with van der Waals surface area (Å²) in [5, 5.41) is 0. The number of fused-ring (bicyclic) bond motifs is 1. The lowest BCUT2D eigenvalue weighted by Crippen LogP contribution is -2.06. The van der Waals surface area contributed by atoms with Gasteiger partial charge in [-0.05, 0) is 11.5 Å². The average molecular weight is 240 g/mol. The Bertz CT molecular complexity index is 513. The standard InChI is InChI=1S/C16H16O2/c1-11-7-8-13-10-18-16(17)15(13)9-14(11)12-5-3-2-4-6-12/h2-9,11,13-14H,10H2,1H3/t11-,13-,14+/m0/s1. The highest BCUT2D eigenvalue weighted by Crippen LogP contribution is 2.35. The first kappa shape index (κ1) is 11.3. The van der Waals surface area contributed by atoms with Crippen LogP contribution in [-0.2, 0) is 9.53 Å². The Balaban J connectivity index is 2.03. The molecule has 0 spiro atoms. The fourth-order valence-electron chi connectivity index (χ4n) is 2.69. The molecule has 0 radical (unpaired) electrons. The molecule has 3 atom stereocenters. The maximum absolute atomic E-state index is 11.7. The number of carbonyl (C=O) groups is 1. The van der Waals surface area contributed by atoms with Gasteiger partial charge in [-0.3, -0.25) is 0 Å². The van der Waals surface area contributed by atoms with E-state index in [-0.39, 0.29) is 17.8 Å². The maximum Gasteiger partial charge on any atom is 0.334 e. The van der Waals surface area contributed by atoms with E-state index in [1.165, 1.54) is 5.56 Å². The first-order valence-electron chi connectivity index (χ1n) is 6.38. The van der Waals surface area contributed by atoms with Crippen molar-refractivity contribution in [3.8, 4) is 0 Å². The number of hydrogen-bond donors (Lipinski definition) is 0. The summed E-state index contributed by atoms with van der Waals surface area (Å²) >= 11 is 0. The van der Waals surface area contributed by atoms with Crippen LogP contribution in [-0.4, -0.2) is 12.6 Å². The molecule has 2 heteroatoms. The Morgan fingerprint density at radius 1 is 1.17 bits per heavy atom. The van der Waals surface area contributed by atoms with Crippen molar-refractivity contribution in [1.29, 1.82) is 0 Å². The van der Waals surface area contributed by atoms with Gasteiger partial charge in [-0.25, -0.2) is 4.79 Å². The van der Waals surface area contributed by atoms with Crippen molar-refractivity contribution in [2.45, 2.75) is 12.8 Å². The van der Waals surface area contributed by atoms with Crippen LogP contribution in [0.3, 0.4) is 0 Å². The maximum atomic E-state index is 11.7. The molecule has 2 nitrogen and oxygen atoms in total. The van der Waals surface area contributed by atoms with E-state index < -0.39 is 0 Å². The Hall–Kier alpha value is -1.83. The summed E-state index contributed by atoms with van der Waals surface area (Å²) < 4.78 is 5.12. The number of benzene rings is 1. The molecule has 3 rings (SSSR count). The molecule has 0 unspecified atom stereocenters. The lowest BCUT2D eigenvalue weighted by molar-refractivity contribution is -0.135. The van der Waals surface area contributed by atoms with Gasteiger partial charge in [0.05, 0.1) is 0 Å². The van der Waals surface area contributed by atoms with Crippen molar-refractivity contribution >= 4 is 5.97 Å². The van der Waals surface area contributed by atoms with E-state index in [0.717, 1.165) is 5.57 Å². The van der Waals surface area contributed by atoms with Crippen LogP contribution in [0, 0.1) is 11.8 Å². The van der Waals surface area contributed by atoms with Crippen molar-refractivity contribution in [2.24, 2.45) is 11.8 Å². The van der Waals surface area contributed by atoms with Gasteiger partial charge in [0.1, 0.15) is 6.61 Å². The van der Waals surface area contributed by atoms with Crippen LogP contribution >= 0.6 is 0 Å². The lowest BCUT2D eigenvalue weighted by atomic mass is 9.86. The van der Waals surface area contributed by atoms with Crippen LogP contribution in [0.1, 0.15) is 18.4 Å². The van der Waals surface area contributed by atoms with Crippen LogP contribution in [0.5, 0.6) is 0 Å². The minimum Gasteiger partial charge on any atom is -0.461 e. The van der Waals surface area contributed by atoms with E-state index in [0.29, 0.717) is 12.5 Å². The minimum absolute atomic E-state index is 0.147. The number of cyclic esters (lactones) is 1. The smallest absolute Gasteiger partial charge is 0.334 e. The van der Waals surface area contributed by atoms with Gasteiger partial charge >= 0.3 is 5.97 Å². The molecule has 0 N–H and O–H groups in total. The van der Waals surface area contributed by atoms with Crippen molar-refractivity contribution in [3.63, 3.8) is 0 Å². The molecule has 1 aliphatic carbocycles. The van der Waals surface area contributed by atoms with Gasteiger partial charge in [0.2, 0.25) is 0 Å². The van der Waals surface area contributed by atoms with Crippen LogP contribution in [0.15, 0.2) is 54.1 Å². The molecule has 2 aliphatic rings. The van der Waals surface area contributed by atoms with Crippen LogP contribution in [0.4, 0.5) is 0 Å². The molecular formula is C16H16O2. The number of carbonyl (C=O) groups excluding carboxylic acids is 1. The van der Waals surface area contributed by atoms with E-state index in [4.69, 9.17) is 4.74 Å². The third-order valence-corrected chi connectivity index (χ3v) is 3.79. The SMILES string of the molecule is C[C@H]1C=C[C@H]2COC(=O)C2=C[C@H]1c1ccccc1. The fraction of sp³-hybridized carbons (Fsp3) is 0.312. The normalized spacial score (nSPS) is 30.4. The molecular weight excluding hydrogens is 224 g/mol. The second-order valence-electron chi connectivity index (χ2n) is 5.01. The van der Waals surface area contributed by atoms with E-state index in [1.807, 2.05) is 18.2 Å². The van der Waals surface area contributed by atoms with E-state index >= 15 is 0 Å². The molecule has 1 heterocycles. The van der Waals surface area contributed by atoms with Crippen molar-refractivity contribution in [2.75, 3.05) is 6.61 Å². The number of hydrogen-bond acceptors (Lipinski definition) is 2. The van der Waals surface area contributed by atoms with Gasteiger partial charge in [0.15, 0.2) is 0 Å². The van der Waals surface area contributed by atoms with Gasteiger partial charge in [-0.1, -0.05) is 55.5 Å². The van der Waals surface area contributed by atoms with Crippen LogP contribution < -0.4 is 0 Å². The van der Waals surface area contributed by atoms with E-state index in [1.54, 1.807) is 0 Å². The van der Waals surface area contributed by atoms with Crippen molar-refractivity contribution in [1.82, 2.24) is 0 Å². The van der Waals surface area contributed by atoms with E-state index in [9.17, 15) is 4.79 Å². The first-order chi connectivity index (χ1) is 8.75. The summed E-state index contributed by atoms with van der Waals surface area (Å²) in [5.41, 5.74) is 2.08. The summed E-state index contributed by atoms with van der Waals surface area (Å²) in [6.07, 6.45) is 6.41. The summed E-state index contributed by atoms with van der Waals surface area (Å²) in [5.74, 6) is 0.653. The second-order valence-corrected chi connectivity index (χ2v) is 5.01. The predicted molar refractivity (Wildman–Crippen MR) is 70.0 cm³/mol. The summed E-state index contributed by atoms with van der Waals surface area (Å²) in [6.45, 7) is 2.69. The Morgan fingerprint density at radius 2 is 1.94 bits per heavy atom. The Morgan fingerprint density at radius 3 is 2.72 bits per heavy atom. The van der Waals surface area contributed by atoms with Crippen molar-refractivity contribution in [3.05, 3.63) is 59.7 Å². The zero-order valence-electron chi connectivity index (χ0n) is 10.4. The number of esters is 1. The molecule has 1 aromatic carbocycles. The molecule has 18 heavy (non-hydrogen) atoms. The molecule has 1 fully saturated rings. The third kappa shape index (κ3) is 1.88. The topological polar surface area (TPSA) is 26.3 Å². The fourth-order valence-corrected chi connectivity index (χ4v) is 2.69. The molecule has 0 bridgehead atoms. The third-order valence-electron chi connectivity index (χ3n) is 3.79.